The molecule has 0 amide bonds. The molecule has 0 aromatic carbocycles. The standard InChI is InChI=1S/C15H24.C2H6/c1-6-15(5)11-7-8-13(4)14(15)10-9-12(2)3;1-2/h8-10,14H,2,6-7,11H2,1,3-5H3;1-2H3/b10-9+;. The zero-order valence-corrected chi connectivity index (χ0v) is 12.6. The maximum Gasteiger partial charge on any atom is 0.00310 e. The third-order valence-corrected chi connectivity index (χ3v) is 3.80. The van der Waals surface area contributed by atoms with Crippen molar-refractivity contribution in [2.24, 2.45) is 11.3 Å². The van der Waals surface area contributed by atoms with Gasteiger partial charge in [-0.2, -0.15) is 0 Å². The lowest BCUT2D eigenvalue weighted by Gasteiger charge is -2.39. The fourth-order valence-corrected chi connectivity index (χ4v) is 2.50. The van der Waals surface area contributed by atoms with Crippen molar-refractivity contribution in [2.75, 3.05) is 0 Å². The van der Waals surface area contributed by atoms with Crippen LogP contribution in [-0.2, 0) is 0 Å². The van der Waals surface area contributed by atoms with Crippen molar-refractivity contribution >= 4 is 0 Å². The van der Waals surface area contributed by atoms with Gasteiger partial charge in [-0.15, -0.1) is 0 Å². The maximum atomic E-state index is 3.93. The van der Waals surface area contributed by atoms with Crippen LogP contribution in [-0.4, -0.2) is 0 Å². The van der Waals surface area contributed by atoms with Gasteiger partial charge in [0.15, 0.2) is 0 Å². The summed E-state index contributed by atoms with van der Waals surface area (Å²) < 4.78 is 0. The first-order valence-electron chi connectivity index (χ1n) is 7.00. The molecule has 0 fully saturated rings. The van der Waals surface area contributed by atoms with E-state index in [2.05, 4.69) is 52.5 Å². The average Bonchev–Trinajstić information content (AvgIpc) is 2.31. The molecule has 0 bridgehead atoms. The van der Waals surface area contributed by atoms with Crippen molar-refractivity contribution in [3.8, 4) is 0 Å². The Morgan fingerprint density at radius 3 is 2.59 bits per heavy atom. The van der Waals surface area contributed by atoms with E-state index in [4.69, 9.17) is 0 Å². The summed E-state index contributed by atoms with van der Waals surface area (Å²) in [4.78, 5) is 0. The molecule has 17 heavy (non-hydrogen) atoms. The van der Waals surface area contributed by atoms with Crippen LogP contribution in [0.15, 0.2) is 36.0 Å². The topological polar surface area (TPSA) is 0 Å². The fraction of sp³-hybridized carbons (Fsp3) is 0.647. The second kappa shape index (κ2) is 7.53. The van der Waals surface area contributed by atoms with Gasteiger partial charge >= 0.3 is 0 Å². The highest BCUT2D eigenvalue weighted by Crippen LogP contribution is 2.44. The third-order valence-electron chi connectivity index (χ3n) is 3.80. The predicted molar refractivity (Wildman–Crippen MR) is 80.2 cm³/mol. The number of hydrogen-bond donors (Lipinski definition) is 0. The first kappa shape index (κ1) is 16.2. The van der Waals surface area contributed by atoms with Crippen molar-refractivity contribution in [1.82, 2.24) is 0 Å². The minimum Gasteiger partial charge on any atom is -0.0961 e. The van der Waals surface area contributed by atoms with E-state index in [1.54, 1.807) is 0 Å². The molecule has 0 heteroatoms. The Morgan fingerprint density at radius 1 is 1.53 bits per heavy atom. The average molecular weight is 234 g/mol. The Kier molecular flexibility index (Phi) is 7.18. The molecule has 0 saturated heterocycles. The van der Waals surface area contributed by atoms with E-state index in [1.165, 1.54) is 24.8 Å². The molecule has 2 atom stereocenters. The van der Waals surface area contributed by atoms with E-state index < -0.39 is 0 Å². The molecular weight excluding hydrogens is 204 g/mol. The lowest BCUT2D eigenvalue weighted by atomic mass is 9.66. The second-order valence-corrected chi connectivity index (χ2v) is 5.18. The summed E-state index contributed by atoms with van der Waals surface area (Å²) in [6, 6.07) is 0. The molecule has 0 N–H and O–H groups in total. The highest BCUT2D eigenvalue weighted by Gasteiger charge is 2.33. The largest absolute Gasteiger partial charge is 0.0961 e. The van der Waals surface area contributed by atoms with Gasteiger partial charge < -0.3 is 0 Å². The summed E-state index contributed by atoms with van der Waals surface area (Å²) in [5, 5.41) is 0. The Morgan fingerprint density at radius 2 is 2.12 bits per heavy atom. The summed E-state index contributed by atoms with van der Waals surface area (Å²) in [7, 11) is 0. The SMILES string of the molecule is C=C(C)/C=C/C1C(C)=CCCC1(C)CC.CC. The van der Waals surface area contributed by atoms with Gasteiger partial charge in [0.1, 0.15) is 0 Å². The molecule has 0 aromatic rings. The lowest BCUT2D eigenvalue weighted by molar-refractivity contribution is 0.214. The molecule has 0 heterocycles. The normalized spacial score (nSPS) is 28.4. The van der Waals surface area contributed by atoms with Crippen LogP contribution in [0.3, 0.4) is 0 Å². The summed E-state index contributed by atoms with van der Waals surface area (Å²) in [6.45, 7) is 17.0. The summed E-state index contributed by atoms with van der Waals surface area (Å²) in [6.07, 6.45) is 10.7. The minimum atomic E-state index is 0.449. The van der Waals surface area contributed by atoms with E-state index in [-0.39, 0.29) is 0 Å². The van der Waals surface area contributed by atoms with Crippen LogP contribution in [0, 0.1) is 11.3 Å². The number of allylic oxidation sites excluding steroid dienone is 5. The summed E-state index contributed by atoms with van der Waals surface area (Å²) >= 11 is 0. The molecule has 1 rings (SSSR count). The fourth-order valence-electron chi connectivity index (χ4n) is 2.50. The van der Waals surface area contributed by atoms with Crippen molar-refractivity contribution in [3.63, 3.8) is 0 Å². The van der Waals surface area contributed by atoms with Gasteiger partial charge in [0.25, 0.3) is 0 Å². The van der Waals surface area contributed by atoms with Gasteiger partial charge in [0.05, 0.1) is 0 Å². The molecule has 0 saturated carbocycles. The van der Waals surface area contributed by atoms with Crippen molar-refractivity contribution in [1.29, 1.82) is 0 Å². The Bertz CT molecular complexity index is 293. The smallest absolute Gasteiger partial charge is 0.00310 e. The molecule has 1 aliphatic rings. The van der Waals surface area contributed by atoms with E-state index in [1.807, 2.05) is 13.8 Å². The maximum absolute atomic E-state index is 3.93. The monoisotopic (exact) mass is 234 g/mol. The quantitative estimate of drug-likeness (QED) is 0.420. The van der Waals surface area contributed by atoms with E-state index in [0.29, 0.717) is 11.3 Å². The van der Waals surface area contributed by atoms with Gasteiger partial charge in [-0.3, -0.25) is 0 Å². The number of hydrogen-bond acceptors (Lipinski definition) is 0. The Balaban J connectivity index is 0.00000121. The molecule has 98 valence electrons. The van der Waals surface area contributed by atoms with Gasteiger partial charge in [-0.25, -0.2) is 0 Å². The van der Waals surface area contributed by atoms with Gasteiger partial charge in [0.2, 0.25) is 0 Å². The molecule has 0 spiro atoms. The molecule has 0 aromatic heterocycles. The summed E-state index contributed by atoms with van der Waals surface area (Å²) in [5.41, 5.74) is 3.13. The van der Waals surface area contributed by atoms with Crippen LogP contribution in [0.1, 0.15) is 60.8 Å². The van der Waals surface area contributed by atoms with Crippen molar-refractivity contribution < 1.29 is 0 Å². The van der Waals surface area contributed by atoms with Crippen molar-refractivity contribution in [3.05, 3.63) is 36.0 Å². The molecular formula is C17H30. The Labute approximate surface area is 109 Å². The third kappa shape index (κ3) is 4.53. The molecule has 0 radical (unpaired) electrons. The highest BCUT2D eigenvalue weighted by atomic mass is 14.4. The lowest BCUT2D eigenvalue weighted by Crippen LogP contribution is -2.28. The zero-order valence-electron chi connectivity index (χ0n) is 12.6. The van der Waals surface area contributed by atoms with Gasteiger partial charge in [-0.1, -0.05) is 63.6 Å². The highest BCUT2D eigenvalue weighted by molar-refractivity contribution is 5.23. The van der Waals surface area contributed by atoms with Crippen LogP contribution < -0.4 is 0 Å². The zero-order chi connectivity index (χ0) is 13.5. The minimum absolute atomic E-state index is 0.449. The van der Waals surface area contributed by atoms with Crippen LogP contribution >= 0.6 is 0 Å². The van der Waals surface area contributed by atoms with Crippen LogP contribution in [0.4, 0.5) is 0 Å². The molecule has 0 nitrogen and oxygen atoms in total. The van der Waals surface area contributed by atoms with Crippen LogP contribution in [0.25, 0.3) is 0 Å². The van der Waals surface area contributed by atoms with Crippen LogP contribution in [0.5, 0.6) is 0 Å². The first-order chi connectivity index (χ1) is 7.99. The van der Waals surface area contributed by atoms with E-state index in [0.717, 1.165) is 5.57 Å². The van der Waals surface area contributed by atoms with Crippen LogP contribution in [0.2, 0.25) is 0 Å². The van der Waals surface area contributed by atoms with Gasteiger partial charge in [-0.05, 0) is 38.5 Å². The number of rotatable bonds is 3. The molecule has 2 unspecified atom stereocenters. The van der Waals surface area contributed by atoms with E-state index in [9.17, 15) is 0 Å². The van der Waals surface area contributed by atoms with E-state index >= 15 is 0 Å². The first-order valence-corrected chi connectivity index (χ1v) is 7.00. The molecule has 1 aliphatic carbocycles. The van der Waals surface area contributed by atoms with Crippen molar-refractivity contribution in [2.45, 2.75) is 60.8 Å². The second-order valence-electron chi connectivity index (χ2n) is 5.18. The Hall–Kier alpha value is -0.780. The summed E-state index contributed by atoms with van der Waals surface area (Å²) in [5.74, 6) is 0.605. The predicted octanol–water partition coefficient (Wildman–Crippen LogP) is 5.92. The molecule has 0 aliphatic heterocycles. The van der Waals surface area contributed by atoms with Gasteiger partial charge in [0, 0.05) is 5.92 Å².